The molecule has 1 aromatic carbocycles. The minimum Gasteiger partial charge on any atom is -0.460 e. The molecule has 0 spiro atoms. The second-order valence-electron chi connectivity index (χ2n) is 10.9. The molecule has 1 heterocycles. The van der Waals surface area contributed by atoms with Gasteiger partial charge in [-0.1, -0.05) is 12.1 Å². The molecule has 1 fully saturated rings. The molecule has 1 aromatic rings. The van der Waals surface area contributed by atoms with Crippen molar-refractivity contribution in [3.63, 3.8) is 0 Å². The minimum absolute atomic E-state index is 0.00677. The van der Waals surface area contributed by atoms with Crippen molar-refractivity contribution in [2.45, 2.75) is 76.2 Å². The van der Waals surface area contributed by atoms with Crippen LogP contribution in [0.4, 0.5) is 13.2 Å². The molecule has 2 aliphatic rings. The molecule has 3 rings (SSSR count). The van der Waals surface area contributed by atoms with Gasteiger partial charge in [0.25, 0.3) is 0 Å². The Bertz CT molecular complexity index is 1220. The molecule has 14 heteroatoms. The van der Waals surface area contributed by atoms with Gasteiger partial charge in [0.15, 0.2) is 6.61 Å². The summed E-state index contributed by atoms with van der Waals surface area (Å²) in [7, 11) is 0. The van der Waals surface area contributed by atoms with E-state index in [1.165, 1.54) is 30.3 Å². The molecule has 1 aliphatic heterocycles. The average molecular weight is 614 g/mol. The zero-order valence-corrected chi connectivity index (χ0v) is 23.8. The summed E-state index contributed by atoms with van der Waals surface area (Å²) in [4.78, 5) is 49.4. The number of benzene rings is 1. The maximum atomic E-state index is 13.0. The first-order valence-electron chi connectivity index (χ1n) is 13.4. The Balaban J connectivity index is 1.58. The number of halogens is 3. The van der Waals surface area contributed by atoms with E-state index in [1.807, 2.05) is 0 Å². The largest absolute Gasteiger partial charge is 0.460 e. The van der Waals surface area contributed by atoms with Gasteiger partial charge in [-0.05, 0) is 57.0 Å². The van der Waals surface area contributed by atoms with Crippen LogP contribution in [-0.4, -0.2) is 85.1 Å². The predicted molar refractivity (Wildman–Crippen MR) is 143 cm³/mol. The Morgan fingerprint density at radius 2 is 1.81 bits per heavy atom. The first-order valence-corrected chi connectivity index (χ1v) is 13.4. The highest BCUT2D eigenvalue weighted by Crippen LogP contribution is 2.31. The first-order chi connectivity index (χ1) is 20.1. The standard InChI is InChI=1S/C29H34F3NO10/c1-28(2,3)43-24(36)11-9-20(14-34)33-26(37)19-12-21-25(41-16-40-21)22(13-19)42-27(38)18-7-4-17(5-8-18)6-10-23(35)39-15-29(30,31)32/h4-8,10,12,20-22,25,34H,9,11,13-16H2,1-3H3,(H,33,37). The van der Waals surface area contributed by atoms with Crippen LogP contribution in [0.25, 0.3) is 6.08 Å². The number of hydrogen-bond acceptors (Lipinski definition) is 10. The number of nitrogens with one attached hydrogen (secondary N) is 1. The SMILES string of the molecule is CC(C)(C)OC(=O)CCC(CO)NC(=O)C1=CC2OCOC2C(OC(=O)c2ccc(C=CC(=O)OCC(F)(F)F)cc2)C1. The molecule has 11 nitrogen and oxygen atoms in total. The smallest absolute Gasteiger partial charge is 0.422 e. The van der Waals surface area contributed by atoms with Gasteiger partial charge in [0, 0.05) is 24.5 Å². The number of ether oxygens (including phenoxy) is 5. The molecule has 1 aliphatic carbocycles. The average Bonchev–Trinajstić information content (AvgIpc) is 3.41. The van der Waals surface area contributed by atoms with Crippen LogP contribution in [0.2, 0.25) is 0 Å². The van der Waals surface area contributed by atoms with E-state index < -0.39 is 73.2 Å². The lowest BCUT2D eigenvalue weighted by Crippen LogP contribution is -2.45. The van der Waals surface area contributed by atoms with Gasteiger partial charge in [-0.3, -0.25) is 9.59 Å². The number of rotatable bonds is 11. The monoisotopic (exact) mass is 613 g/mol. The molecule has 236 valence electrons. The van der Waals surface area contributed by atoms with Gasteiger partial charge in [0.2, 0.25) is 5.91 Å². The van der Waals surface area contributed by atoms with Crippen molar-refractivity contribution in [3.8, 4) is 0 Å². The zero-order valence-electron chi connectivity index (χ0n) is 23.8. The Morgan fingerprint density at radius 1 is 1.12 bits per heavy atom. The van der Waals surface area contributed by atoms with E-state index in [1.54, 1.807) is 26.8 Å². The summed E-state index contributed by atoms with van der Waals surface area (Å²) < 4.78 is 62.5. The molecule has 2 N–H and O–H groups in total. The highest BCUT2D eigenvalue weighted by Gasteiger charge is 2.42. The van der Waals surface area contributed by atoms with Crippen LogP contribution in [-0.2, 0) is 38.1 Å². The summed E-state index contributed by atoms with van der Waals surface area (Å²) in [5.41, 5.74) is 0.136. The molecule has 4 unspecified atom stereocenters. The van der Waals surface area contributed by atoms with E-state index in [0.717, 1.165) is 6.08 Å². The predicted octanol–water partition coefficient (Wildman–Crippen LogP) is 3.00. The second-order valence-corrected chi connectivity index (χ2v) is 10.9. The molecule has 43 heavy (non-hydrogen) atoms. The lowest BCUT2D eigenvalue weighted by molar-refractivity contribution is -0.182. The number of aliphatic hydroxyl groups is 1. The Hall–Kier alpha value is -3.75. The third-order valence-electron chi connectivity index (χ3n) is 6.16. The van der Waals surface area contributed by atoms with Gasteiger partial charge >= 0.3 is 24.1 Å². The van der Waals surface area contributed by atoms with E-state index in [0.29, 0.717) is 5.56 Å². The lowest BCUT2D eigenvalue weighted by Gasteiger charge is -2.30. The fourth-order valence-corrected chi connectivity index (χ4v) is 4.20. The number of carbonyl (C=O) groups is 4. The summed E-state index contributed by atoms with van der Waals surface area (Å²) in [6.07, 6.45) is -3.09. The maximum Gasteiger partial charge on any atom is 0.422 e. The topological polar surface area (TPSA) is 147 Å². The molecule has 0 aromatic heterocycles. The van der Waals surface area contributed by atoms with E-state index in [-0.39, 0.29) is 37.2 Å². The van der Waals surface area contributed by atoms with Gasteiger partial charge in [0.1, 0.15) is 30.7 Å². The number of alkyl halides is 3. The molecule has 4 atom stereocenters. The lowest BCUT2D eigenvalue weighted by atomic mass is 9.91. The number of hydrogen-bond donors (Lipinski definition) is 2. The van der Waals surface area contributed by atoms with Crippen LogP contribution in [0.5, 0.6) is 0 Å². The highest BCUT2D eigenvalue weighted by molar-refractivity contribution is 5.94. The number of carbonyl (C=O) groups excluding carboxylic acids is 4. The van der Waals surface area contributed by atoms with Gasteiger partial charge in [-0.2, -0.15) is 13.2 Å². The van der Waals surface area contributed by atoms with Crippen molar-refractivity contribution >= 4 is 29.9 Å². The van der Waals surface area contributed by atoms with E-state index in [9.17, 15) is 37.5 Å². The van der Waals surface area contributed by atoms with Crippen molar-refractivity contribution < 1.29 is 61.1 Å². The Labute approximate surface area is 245 Å². The zero-order chi connectivity index (χ0) is 31.8. The van der Waals surface area contributed by atoms with Crippen LogP contribution < -0.4 is 5.32 Å². The van der Waals surface area contributed by atoms with Crippen molar-refractivity contribution in [2.24, 2.45) is 0 Å². The number of esters is 3. The fraction of sp³-hybridized carbons (Fsp3) is 0.517. The number of aliphatic hydroxyl groups excluding tert-OH is 1. The molecular formula is C29H34F3NO10. The van der Waals surface area contributed by atoms with Gasteiger partial charge in [-0.15, -0.1) is 0 Å². The normalized spacial score (nSPS) is 21.0. The fourth-order valence-electron chi connectivity index (χ4n) is 4.20. The van der Waals surface area contributed by atoms with Crippen LogP contribution >= 0.6 is 0 Å². The summed E-state index contributed by atoms with van der Waals surface area (Å²) in [6.45, 7) is 3.02. The quantitative estimate of drug-likeness (QED) is 0.217. The Kier molecular flexibility index (Phi) is 11.5. The van der Waals surface area contributed by atoms with E-state index in [2.05, 4.69) is 10.1 Å². The van der Waals surface area contributed by atoms with Crippen molar-refractivity contribution in [2.75, 3.05) is 20.0 Å². The molecule has 1 saturated heterocycles. The molecule has 0 radical (unpaired) electrons. The van der Waals surface area contributed by atoms with Gasteiger partial charge < -0.3 is 34.1 Å². The van der Waals surface area contributed by atoms with Crippen LogP contribution in [0.3, 0.4) is 0 Å². The van der Waals surface area contributed by atoms with Crippen molar-refractivity contribution in [3.05, 3.63) is 53.1 Å². The minimum atomic E-state index is -4.63. The van der Waals surface area contributed by atoms with Crippen molar-refractivity contribution in [1.29, 1.82) is 0 Å². The summed E-state index contributed by atoms with van der Waals surface area (Å²) >= 11 is 0. The van der Waals surface area contributed by atoms with Crippen LogP contribution in [0, 0.1) is 0 Å². The molecule has 1 amide bonds. The second kappa shape index (κ2) is 14.6. The molecule has 0 bridgehead atoms. The van der Waals surface area contributed by atoms with Gasteiger partial charge in [-0.25, -0.2) is 9.59 Å². The Morgan fingerprint density at radius 3 is 2.44 bits per heavy atom. The summed E-state index contributed by atoms with van der Waals surface area (Å²) in [6, 6.07) is 4.98. The van der Waals surface area contributed by atoms with E-state index >= 15 is 0 Å². The highest BCUT2D eigenvalue weighted by atomic mass is 19.4. The first kappa shape index (κ1) is 33.7. The number of amides is 1. The maximum absolute atomic E-state index is 13.0. The molecule has 0 saturated carbocycles. The third-order valence-corrected chi connectivity index (χ3v) is 6.16. The summed E-state index contributed by atoms with van der Waals surface area (Å²) in [5, 5.41) is 12.4. The molecular weight excluding hydrogens is 579 g/mol. The van der Waals surface area contributed by atoms with Crippen LogP contribution in [0.15, 0.2) is 42.0 Å². The third kappa shape index (κ3) is 11.1. The number of fused-ring (bicyclic) bond motifs is 1. The van der Waals surface area contributed by atoms with Crippen molar-refractivity contribution in [1.82, 2.24) is 5.32 Å². The summed E-state index contributed by atoms with van der Waals surface area (Å²) in [5.74, 6) is -2.89. The van der Waals surface area contributed by atoms with Gasteiger partial charge in [0.05, 0.1) is 18.2 Å². The van der Waals surface area contributed by atoms with Crippen LogP contribution in [0.1, 0.15) is 56.0 Å². The van der Waals surface area contributed by atoms with E-state index in [4.69, 9.17) is 18.9 Å².